The molecule has 0 aromatic heterocycles. The second kappa shape index (κ2) is 31.0. The van der Waals surface area contributed by atoms with Gasteiger partial charge in [-0.05, 0) is 273 Å². The van der Waals surface area contributed by atoms with E-state index in [1.165, 1.54) is 53.2 Å². The molecule has 0 amide bonds. The van der Waals surface area contributed by atoms with E-state index in [0.29, 0.717) is 68.6 Å². The van der Waals surface area contributed by atoms with Gasteiger partial charge < -0.3 is 38.5 Å². The zero-order chi connectivity index (χ0) is 76.1. The number of benzene rings is 3. The molecular formula is C84H118F2O16S2. The Morgan fingerprint density at radius 1 is 0.577 bits per heavy atom. The molecule has 15 aliphatic rings. The minimum atomic E-state index is -5.68. The number of carboxylic acid groups (broad SMARTS) is 1. The summed E-state index contributed by atoms with van der Waals surface area (Å²) in [6.45, 7) is 26.4. The van der Waals surface area contributed by atoms with E-state index < -0.39 is 66.7 Å². The minimum absolute atomic E-state index is 0.0146. The number of carbonyl (C=O) groups excluding carboxylic acids is 5. The van der Waals surface area contributed by atoms with Gasteiger partial charge in [-0.1, -0.05) is 96.1 Å². The number of alkyl halides is 2. The number of rotatable bonds is 18. The van der Waals surface area contributed by atoms with Crippen molar-refractivity contribution in [2.45, 2.75) is 299 Å². The van der Waals surface area contributed by atoms with E-state index >= 15 is 0 Å². The predicted octanol–water partition coefficient (Wildman–Crippen LogP) is 17.1. The molecule has 3 aliphatic heterocycles. The van der Waals surface area contributed by atoms with Gasteiger partial charge in [0.15, 0.2) is 37.0 Å². The molecule has 14 bridgehead atoms. The van der Waals surface area contributed by atoms with Crippen LogP contribution in [0.4, 0.5) is 8.78 Å². The highest BCUT2D eigenvalue weighted by Gasteiger charge is 2.67. The first-order chi connectivity index (χ1) is 48.6. The van der Waals surface area contributed by atoms with Gasteiger partial charge in [-0.2, -0.15) is 8.78 Å². The summed E-state index contributed by atoms with van der Waals surface area (Å²) in [6.07, 6.45) is 18.4. The molecule has 0 spiro atoms. The third-order valence-electron chi connectivity index (χ3n) is 27.2. The third kappa shape index (κ3) is 16.8. The van der Waals surface area contributed by atoms with Crippen molar-refractivity contribution in [1.29, 1.82) is 0 Å². The van der Waals surface area contributed by atoms with Crippen LogP contribution >= 0.6 is 0 Å². The summed E-state index contributed by atoms with van der Waals surface area (Å²) in [4.78, 5) is 75.0. The Morgan fingerprint density at radius 3 is 1.41 bits per heavy atom. The number of ketones is 1. The molecule has 12 aliphatic carbocycles. The number of halogens is 2. The quantitative estimate of drug-likeness (QED) is 0.0520. The summed E-state index contributed by atoms with van der Waals surface area (Å²) in [5.41, 5.74) is -3.71. The molecule has 3 saturated heterocycles. The topological polar surface area (TPSA) is 246 Å². The Bertz CT molecular complexity index is 3500. The van der Waals surface area contributed by atoms with Gasteiger partial charge in [0.1, 0.15) is 23.1 Å². The van der Waals surface area contributed by atoms with E-state index in [9.17, 15) is 55.6 Å². The molecule has 16 nitrogen and oxygen atoms in total. The number of fused-ring (bicyclic) bond motifs is 1. The number of aliphatic hydroxyl groups is 1. The molecule has 3 aromatic rings. The van der Waals surface area contributed by atoms with Crippen LogP contribution in [0, 0.1) is 92.2 Å². The number of ether oxygens (including phenoxy) is 5. The second-order valence-corrected chi connectivity index (χ2v) is 39.3. The molecule has 18 rings (SSSR count). The van der Waals surface area contributed by atoms with Crippen LogP contribution in [-0.4, -0.2) is 105 Å². The lowest BCUT2D eigenvalue weighted by Crippen LogP contribution is -2.61. The third-order valence-corrected chi connectivity index (χ3v) is 30.4. The van der Waals surface area contributed by atoms with Crippen molar-refractivity contribution in [2.75, 3.05) is 0 Å². The predicted molar refractivity (Wildman–Crippen MR) is 391 cm³/mol. The maximum atomic E-state index is 13.9. The molecule has 576 valence electrons. The highest BCUT2D eigenvalue weighted by atomic mass is 32.2. The van der Waals surface area contributed by atoms with Crippen LogP contribution in [0.3, 0.4) is 0 Å². The summed E-state index contributed by atoms with van der Waals surface area (Å²) < 4.78 is 89.2. The Labute approximate surface area is 620 Å². The molecule has 3 heterocycles. The molecule has 0 radical (unpaired) electrons. The summed E-state index contributed by atoms with van der Waals surface area (Å²) in [5, 5.41) is 14.8. The van der Waals surface area contributed by atoms with E-state index in [1.807, 2.05) is 62.3 Å². The summed E-state index contributed by atoms with van der Waals surface area (Å²) in [7, 11) is -5.69. The summed E-state index contributed by atoms with van der Waals surface area (Å²) in [5.74, 6) is 1.30. The zero-order valence-electron chi connectivity index (χ0n) is 64.1. The molecule has 2 N–H and O–H groups in total. The number of aliphatic carboxylic acids is 1. The smallest absolute Gasteiger partial charge is 0.337 e. The molecule has 104 heavy (non-hydrogen) atoms. The molecular weight excluding hydrogens is 1370 g/mol. The molecule has 12 saturated carbocycles. The molecule has 15 fully saturated rings. The lowest BCUT2D eigenvalue weighted by Gasteiger charge is -2.60. The molecule has 10 atom stereocenters. The van der Waals surface area contributed by atoms with Crippen LogP contribution in [0.25, 0.3) is 0 Å². The Hall–Kier alpha value is -5.28. The number of hydrogen-bond donors (Lipinski definition) is 2. The fourth-order valence-corrected chi connectivity index (χ4v) is 22.7. The zero-order valence-corrected chi connectivity index (χ0v) is 65.7. The number of carbonyl (C=O) groups is 6. The average molecular weight is 1490 g/mol. The van der Waals surface area contributed by atoms with Gasteiger partial charge in [-0.15, -0.1) is 0 Å². The first-order valence-electron chi connectivity index (χ1n) is 38.9. The highest BCUT2D eigenvalue weighted by molar-refractivity contribution is 7.97. The van der Waals surface area contributed by atoms with E-state index in [2.05, 4.69) is 105 Å². The number of esters is 4. The van der Waals surface area contributed by atoms with Gasteiger partial charge in [0.05, 0.1) is 50.2 Å². The fraction of sp³-hybridized carbons (Fsp3) is 0.714. The lowest BCUT2D eigenvalue weighted by atomic mass is 9.46. The van der Waals surface area contributed by atoms with E-state index in [4.69, 9.17) is 28.8 Å². The molecule has 3 aromatic carbocycles. The van der Waals surface area contributed by atoms with Crippen LogP contribution < -0.4 is 0 Å². The Morgan fingerprint density at radius 2 is 1.01 bits per heavy atom. The highest BCUT2D eigenvalue weighted by Crippen LogP contribution is 2.65. The molecule has 20 heteroatoms. The largest absolute Gasteiger partial charge is 0.743 e. The van der Waals surface area contributed by atoms with Crippen molar-refractivity contribution in [2.24, 2.45) is 92.2 Å². The van der Waals surface area contributed by atoms with Crippen molar-refractivity contribution >= 4 is 56.6 Å². The van der Waals surface area contributed by atoms with Crippen molar-refractivity contribution in [3.63, 3.8) is 0 Å². The maximum absolute atomic E-state index is 13.9. The molecule has 10 unspecified atom stereocenters. The van der Waals surface area contributed by atoms with Gasteiger partial charge in [-0.25, -0.2) is 8.42 Å². The van der Waals surface area contributed by atoms with Gasteiger partial charge in [0.2, 0.25) is 0 Å². The first kappa shape index (κ1) is 81.2. The summed E-state index contributed by atoms with van der Waals surface area (Å²) >= 11 is 0. The van der Waals surface area contributed by atoms with Crippen molar-refractivity contribution in [3.05, 3.63) is 91.0 Å². The number of carboxylic acids is 1. The van der Waals surface area contributed by atoms with Crippen molar-refractivity contribution in [3.8, 4) is 0 Å². The Kier molecular flexibility index (Phi) is 24.2. The number of Topliss-reactive ketones (excluding diaryl/α,β-unsaturated/α-hetero) is 1. The van der Waals surface area contributed by atoms with Crippen LogP contribution in [0.1, 0.15) is 238 Å². The van der Waals surface area contributed by atoms with Gasteiger partial charge in [-0.3, -0.25) is 28.8 Å². The van der Waals surface area contributed by atoms with E-state index in [-0.39, 0.29) is 93.1 Å². The SMILES string of the molecule is CC(C12CC3CC(C1)C(=O)C(C3)C2)C(F)(F)S(=O)(=O)[O-].CCC(C)(C)C(=O)O.CCC(C)(C)C(=O)OC1(CC)C2CC3CC(C2)CC1C3.CCC(C)(C)C(=O)OC12CC3CC(CC(O)(C3)C1)C2.CCC(C)(C)C(=O)OC1C2CC3C(=O)OC1C3O2.c1ccc([S+](c2ccccc2)c2ccccc2)cc1. The normalized spacial score (nSPS) is 34.3. The Balaban J connectivity index is 0.000000136. The second-order valence-electron chi connectivity index (χ2n) is 35.9. The minimum Gasteiger partial charge on any atom is -0.743 e. The average Bonchev–Trinajstić information content (AvgIpc) is 1.11. The van der Waals surface area contributed by atoms with Crippen LogP contribution in [0.2, 0.25) is 0 Å². The van der Waals surface area contributed by atoms with E-state index in [0.717, 1.165) is 76.5 Å². The van der Waals surface area contributed by atoms with Gasteiger partial charge in [0, 0.05) is 24.2 Å². The first-order valence-corrected chi connectivity index (χ1v) is 41.5. The monoisotopic (exact) mass is 1480 g/mol. The van der Waals surface area contributed by atoms with Gasteiger partial charge in [0.25, 0.3) is 0 Å². The lowest BCUT2D eigenvalue weighted by molar-refractivity contribution is -0.225. The van der Waals surface area contributed by atoms with E-state index in [1.54, 1.807) is 13.8 Å². The van der Waals surface area contributed by atoms with Crippen LogP contribution in [0.15, 0.2) is 106 Å². The number of hydrogen-bond acceptors (Lipinski definition) is 15. The van der Waals surface area contributed by atoms with Gasteiger partial charge >= 0.3 is 35.1 Å². The maximum Gasteiger partial charge on any atom is 0.337 e. The van der Waals surface area contributed by atoms with Crippen molar-refractivity contribution < 1.29 is 84.4 Å². The van der Waals surface area contributed by atoms with Crippen LogP contribution in [0.5, 0.6) is 0 Å². The fourth-order valence-electron chi connectivity index (χ4n) is 19.9. The van der Waals surface area contributed by atoms with Crippen molar-refractivity contribution in [1.82, 2.24) is 0 Å². The summed E-state index contributed by atoms with van der Waals surface area (Å²) in [6, 6.07) is 32.2. The van der Waals surface area contributed by atoms with Crippen LogP contribution in [-0.2, 0) is 73.5 Å². The standard InChI is InChI=1S/C18H30O2.C18H15S.C16H26O3.C13H18F2O4S.C13H18O5.C6H12O2/c1-5-17(3,4)16(19)20-18(6-2)14-8-12-7-13(10-14)11-15(18)9-12;1-4-10-16(11-5-1)19(17-12-6-2-7-13-17)18-14-8-3-9-15-18;1-4-14(2,3)13(17)19-16-8-11-5-12(9-16)7-15(18,6-11)10-16;1-7(13(14,15)20(17,18)19)12-4-8-2-9(5-12)11(16)10(3-8)6-12;1-4-13(2,3)12(15)18-9-7-5-6-8(16-7)10(9)17-11(6)14;1-4-6(2,3)5(7)8/h12-15H,5-11H2,1-4H3;1-15H;11-12,18H,4-10H2,1-3H3;7-10H,2-6H2,1H3,(H,17,18,19);6-10H,4-5H2,1-3H3;4H2,1-3H3,(H,7,8)/q;+1;;;;/p-1.